The molecule has 0 aromatic heterocycles. The Hall–Kier alpha value is -3.33. The van der Waals surface area contributed by atoms with E-state index in [0.29, 0.717) is 6.54 Å². The molecule has 1 heterocycles. The Morgan fingerprint density at radius 1 is 1.22 bits per heavy atom. The summed E-state index contributed by atoms with van der Waals surface area (Å²) in [6.07, 6.45) is 0. The summed E-state index contributed by atoms with van der Waals surface area (Å²) in [5, 5.41) is 14.4. The molecule has 0 radical (unpaired) electrons. The zero-order valence-corrected chi connectivity index (χ0v) is 15.1. The summed E-state index contributed by atoms with van der Waals surface area (Å²) in [4.78, 5) is 51.2. The molecule has 0 fully saturated rings. The van der Waals surface area contributed by atoms with E-state index in [0.717, 1.165) is 4.90 Å². The number of carbonyl (C=O) groups excluding carboxylic acids is 3. The van der Waals surface area contributed by atoms with Crippen molar-refractivity contribution >= 4 is 39.9 Å². The number of amides is 3. The maximum atomic E-state index is 12.9. The Morgan fingerprint density at radius 3 is 2.48 bits per heavy atom. The normalized spacial score (nSPS) is 13.4. The van der Waals surface area contributed by atoms with E-state index < -0.39 is 22.6 Å². The number of hydrogen-bond acceptors (Lipinski definition) is 6. The summed E-state index contributed by atoms with van der Waals surface area (Å²) in [5.74, 6) is -1.52. The van der Waals surface area contributed by atoms with Gasteiger partial charge < -0.3 is 10.2 Å². The van der Waals surface area contributed by atoms with Gasteiger partial charge in [-0.2, -0.15) is 0 Å². The highest BCUT2D eigenvalue weighted by Gasteiger charge is 2.36. The third kappa shape index (κ3) is 3.13. The Bertz CT molecular complexity index is 999. The summed E-state index contributed by atoms with van der Waals surface area (Å²) < 4.78 is 0. The van der Waals surface area contributed by atoms with E-state index in [1.165, 1.54) is 25.1 Å². The van der Waals surface area contributed by atoms with Gasteiger partial charge in [0.1, 0.15) is 5.69 Å². The van der Waals surface area contributed by atoms with Crippen LogP contribution in [0, 0.1) is 10.1 Å². The second-order valence-corrected chi connectivity index (χ2v) is 6.55. The average Bonchev–Trinajstić information content (AvgIpc) is 2.58. The summed E-state index contributed by atoms with van der Waals surface area (Å²) >= 11 is 0. The lowest BCUT2D eigenvalue weighted by Crippen LogP contribution is -2.43. The first kappa shape index (κ1) is 18.5. The fraction of sp³-hybridized carbons (Fsp3) is 0.278. The van der Waals surface area contributed by atoms with E-state index in [1.807, 2.05) is 19.0 Å². The number of likely N-dealkylation sites (N-methyl/N-ethyl adjacent to an activating group) is 1. The van der Waals surface area contributed by atoms with Crippen molar-refractivity contribution in [3.05, 3.63) is 45.5 Å². The molecule has 9 heteroatoms. The van der Waals surface area contributed by atoms with Crippen molar-refractivity contribution in [2.24, 2.45) is 0 Å². The van der Waals surface area contributed by atoms with E-state index in [2.05, 4.69) is 5.32 Å². The van der Waals surface area contributed by atoms with Gasteiger partial charge in [-0.15, -0.1) is 0 Å². The molecule has 140 valence electrons. The van der Waals surface area contributed by atoms with Gasteiger partial charge in [0.2, 0.25) is 5.91 Å². The number of nitro groups is 1. The Labute approximate surface area is 154 Å². The zero-order valence-electron chi connectivity index (χ0n) is 15.1. The quantitative estimate of drug-likeness (QED) is 0.488. The maximum Gasteiger partial charge on any atom is 0.300 e. The molecule has 1 aliphatic rings. The predicted molar refractivity (Wildman–Crippen MR) is 98.8 cm³/mol. The molecule has 0 spiro atoms. The number of nitrogens with one attached hydrogen (secondary N) is 1. The molecule has 2 aromatic rings. The Kier molecular flexibility index (Phi) is 4.63. The standard InChI is InChI=1S/C18H18N4O5/c1-10(23)19-14-9-13-15-11(16(14)22(26)27)5-4-6-12(15)17(24)21(18(13)25)8-7-20(2)3/h4-6,9H,7-8H2,1-3H3,(H,19,23). The van der Waals surface area contributed by atoms with Gasteiger partial charge in [0, 0.05) is 31.0 Å². The fourth-order valence-electron chi connectivity index (χ4n) is 3.18. The minimum atomic E-state index is -0.623. The number of nitrogens with zero attached hydrogens (tertiary/aromatic N) is 3. The van der Waals surface area contributed by atoms with Crippen LogP contribution in [0.15, 0.2) is 24.3 Å². The number of rotatable bonds is 5. The molecule has 2 aromatic carbocycles. The van der Waals surface area contributed by atoms with Crippen LogP contribution in [0.4, 0.5) is 11.4 Å². The Balaban J connectivity index is 2.28. The second kappa shape index (κ2) is 6.76. The first-order valence-corrected chi connectivity index (χ1v) is 8.25. The van der Waals surface area contributed by atoms with E-state index >= 15 is 0 Å². The molecule has 27 heavy (non-hydrogen) atoms. The van der Waals surface area contributed by atoms with Crippen LogP contribution >= 0.6 is 0 Å². The number of benzene rings is 2. The summed E-state index contributed by atoms with van der Waals surface area (Å²) in [6, 6.07) is 5.83. The molecular weight excluding hydrogens is 352 g/mol. The van der Waals surface area contributed by atoms with Crippen LogP contribution in [0.25, 0.3) is 10.8 Å². The highest BCUT2D eigenvalue weighted by molar-refractivity contribution is 6.27. The van der Waals surface area contributed by atoms with Crippen molar-refractivity contribution in [2.45, 2.75) is 6.92 Å². The number of anilines is 1. The van der Waals surface area contributed by atoms with Crippen molar-refractivity contribution < 1.29 is 19.3 Å². The lowest BCUT2D eigenvalue weighted by molar-refractivity contribution is -0.382. The monoisotopic (exact) mass is 370 g/mol. The highest BCUT2D eigenvalue weighted by Crippen LogP contribution is 2.40. The number of hydrogen-bond donors (Lipinski definition) is 1. The zero-order chi connectivity index (χ0) is 19.9. The first-order chi connectivity index (χ1) is 12.7. The van der Waals surface area contributed by atoms with Crippen molar-refractivity contribution in [1.29, 1.82) is 0 Å². The van der Waals surface area contributed by atoms with Crippen LogP contribution < -0.4 is 5.32 Å². The molecule has 0 saturated carbocycles. The van der Waals surface area contributed by atoms with E-state index in [-0.39, 0.29) is 39.8 Å². The van der Waals surface area contributed by atoms with E-state index in [4.69, 9.17) is 0 Å². The van der Waals surface area contributed by atoms with Crippen LogP contribution in [0.3, 0.4) is 0 Å². The summed E-state index contributed by atoms with van der Waals surface area (Å²) in [6.45, 7) is 1.89. The second-order valence-electron chi connectivity index (χ2n) is 6.55. The van der Waals surface area contributed by atoms with Gasteiger partial charge in [0.05, 0.1) is 15.9 Å². The largest absolute Gasteiger partial charge is 0.321 e. The molecule has 0 bridgehead atoms. The molecule has 0 atom stereocenters. The average molecular weight is 370 g/mol. The molecule has 1 N–H and O–H groups in total. The van der Waals surface area contributed by atoms with Gasteiger partial charge in [0.25, 0.3) is 11.8 Å². The fourth-order valence-corrected chi connectivity index (χ4v) is 3.18. The molecule has 3 rings (SSSR count). The maximum absolute atomic E-state index is 12.9. The molecule has 3 amide bonds. The minimum absolute atomic E-state index is 0.0672. The van der Waals surface area contributed by atoms with Crippen molar-refractivity contribution in [3.63, 3.8) is 0 Å². The van der Waals surface area contributed by atoms with E-state index in [9.17, 15) is 24.5 Å². The lowest BCUT2D eigenvalue weighted by atomic mass is 9.92. The SMILES string of the molecule is CC(=O)Nc1cc2c3c(cccc3c1[N+](=O)[O-])C(=O)N(CCN(C)C)C2=O. The molecule has 0 aliphatic carbocycles. The summed E-state index contributed by atoms with van der Waals surface area (Å²) in [5.41, 5.74) is -0.0119. The number of nitro benzene ring substituents is 1. The van der Waals surface area contributed by atoms with Crippen LogP contribution in [-0.4, -0.2) is 59.6 Å². The van der Waals surface area contributed by atoms with Gasteiger partial charge >= 0.3 is 5.69 Å². The molecule has 1 aliphatic heterocycles. The smallest absolute Gasteiger partial charge is 0.300 e. The minimum Gasteiger partial charge on any atom is -0.321 e. The first-order valence-electron chi connectivity index (χ1n) is 8.25. The van der Waals surface area contributed by atoms with Crippen molar-refractivity contribution in [1.82, 2.24) is 9.80 Å². The van der Waals surface area contributed by atoms with Gasteiger partial charge in [-0.1, -0.05) is 6.07 Å². The molecule has 0 unspecified atom stereocenters. The van der Waals surface area contributed by atoms with Gasteiger partial charge in [-0.25, -0.2) is 0 Å². The topological polar surface area (TPSA) is 113 Å². The Morgan fingerprint density at radius 2 is 1.89 bits per heavy atom. The van der Waals surface area contributed by atoms with Gasteiger partial charge in [-0.3, -0.25) is 29.4 Å². The molecular formula is C18H18N4O5. The lowest BCUT2D eigenvalue weighted by Gasteiger charge is -2.28. The summed E-state index contributed by atoms with van der Waals surface area (Å²) in [7, 11) is 3.65. The third-order valence-corrected chi connectivity index (χ3v) is 4.35. The van der Waals surface area contributed by atoms with Crippen LogP contribution in [0.5, 0.6) is 0 Å². The van der Waals surface area contributed by atoms with Crippen LogP contribution in [0.2, 0.25) is 0 Å². The van der Waals surface area contributed by atoms with Crippen LogP contribution in [-0.2, 0) is 4.79 Å². The highest BCUT2D eigenvalue weighted by atomic mass is 16.6. The van der Waals surface area contributed by atoms with Gasteiger partial charge in [-0.05, 0) is 32.3 Å². The van der Waals surface area contributed by atoms with Crippen molar-refractivity contribution in [2.75, 3.05) is 32.5 Å². The number of carbonyl (C=O) groups is 3. The van der Waals surface area contributed by atoms with E-state index in [1.54, 1.807) is 6.07 Å². The van der Waals surface area contributed by atoms with Gasteiger partial charge in [0.15, 0.2) is 0 Å². The molecule has 0 saturated heterocycles. The van der Waals surface area contributed by atoms with Crippen molar-refractivity contribution in [3.8, 4) is 0 Å². The number of imide groups is 1. The molecule has 9 nitrogen and oxygen atoms in total. The van der Waals surface area contributed by atoms with Crippen LogP contribution in [0.1, 0.15) is 27.6 Å². The third-order valence-electron chi connectivity index (χ3n) is 4.35. The predicted octanol–water partition coefficient (Wildman–Crippen LogP) is 1.86.